The average Bonchev–Trinajstić information content (AvgIpc) is 2.75. The Balaban J connectivity index is 2.21. The summed E-state index contributed by atoms with van der Waals surface area (Å²) in [6.07, 6.45) is 8.28. The van der Waals surface area contributed by atoms with E-state index in [2.05, 4.69) is 0 Å². The minimum absolute atomic E-state index is 0.112. The lowest BCUT2D eigenvalue weighted by molar-refractivity contribution is 0.101. The van der Waals surface area contributed by atoms with Crippen molar-refractivity contribution < 1.29 is 4.79 Å². The number of hydrogen-bond acceptors (Lipinski definition) is 4. The van der Waals surface area contributed by atoms with Gasteiger partial charge < -0.3 is 4.90 Å². The van der Waals surface area contributed by atoms with Gasteiger partial charge in [-0.3, -0.25) is 4.79 Å². The smallest absolute Gasteiger partial charge is 0.209 e. The molecule has 29 heavy (non-hydrogen) atoms. The minimum Gasteiger partial charge on any atom is -0.312 e. The molecule has 0 saturated heterocycles. The molecule has 1 aliphatic heterocycles. The zero-order valence-electron chi connectivity index (χ0n) is 15.0. The summed E-state index contributed by atoms with van der Waals surface area (Å²) in [5.74, 6) is -0.311. The van der Waals surface area contributed by atoms with Gasteiger partial charge in [0.1, 0.15) is 12.1 Å². The van der Waals surface area contributed by atoms with Crippen LogP contribution in [0.2, 0.25) is 10.0 Å². The average molecular weight is 418 g/mol. The molecule has 140 valence electrons. The van der Waals surface area contributed by atoms with Crippen LogP contribution in [0, 0.1) is 22.7 Å². The van der Waals surface area contributed by atoms with E-state index in [0.29, 0.717) is 26.9 Å². The summed E-state index contributed by atoms with van der Waals surface area (Å²) in [6.45, 7) is 0. The second-order valence-electron chi connectivity index (χ2n) is 5.94. The fraction of sp³-hybridized carbons (Fsp3) is 0. The van der Waals surface area contributed by atoms with Crippen LogP contribution in [0.25, 0.3) is 6.08 Å². The van der Waals surface area contributed by atoms with Gasteiger partial charge in [0.15, 0.2) is 5.57 Å². The number of rotatable bonds is 4. The van der Waals surface area contributed by atoms with Crippen LogP contribution in [-0.2, 0) is 0 Å². The van der Waals surface area contributed by atoms with Crippen LogP contribution >= 0.6 is 23.2 Å². The largest absolute Gasteiger partial charge is 0.312 e. The fourth-order valence-electron chi connectivity index (χ4n) is 2.73. The first-order chi connectivity index (χ1) is 14.0. The van der Waals surface area contributed by atoms with Crippen molar-refractivity contribution in [2.45, 2.75) is 0 Å². The molecule has 2 aromatic carbocycles. The molecule has 0 bridgehead atoms. The number of hydrogen-bond donors (Lipinski definition) is 0. The Bertz CT molecular complexity index is 1140. The van der Waals surface area contributed by atoms with Gasteiger partial charge in [-0.15, -0.1) is 0 Å². The summed E-state index contributed by atoms with van der Waals surface area (Å²) in [6, 6.07) is 17.3. The number of allylic oxidation sites excluding steroid dienone is 5. The molecular formula is C23H13Cl2N3O. The van der Waals surface area contributed by atoms with Crippen molar-refractivity contribution in [3.63, 3.8) is 0 Å². The van der Waals surface area contributed by atoms with Crippen molar-refractivity contribution in [3.05, 3.63) is 111 Å². The molecule has 0 N–H and O–H groups in total. The van der Waals surface area contributed by atoms with Crippen LogP contribution < -0.4 is 0 Å². The number of carbonyl (C=O) groups is 1. The third kappa shape index (κ3) is 4.47. The lowest BCUT2D eigenvalue weighted by Gasteiger charge is -2.26. The van der Waals surface area contributed by atoms with Gasteiger partial charge in [0.25, 0.3) is 0 Å². The van der Waals surface area contributed by atoms with Crippen molar-refractivity contribution >= 4 is 35.1 Å². The highest BCUT2D eigenvalue weighted by molar-refractivity contribution is 6.32. The van der Waals surface area contributed by atoms with Crippen molar-refractivity contribution in [3.8, 4) is 12.1 Å². The van der Waals surface area contributed by atoms with Gasteiger partial charge in [-0.2, -0.15) is 10.5 Å². The van der Waals surface area contributed by atoms with Gasteiger partial charge in [-0.25, -0.2) is 0 Å². The Morgan fingerprint density at radius 2 is 1.66 bits per heavy atom. The summed E-state index contributed by atoms with van der Waals surface area (Å²) < 4.78 is 0. The lowest BCUT2D eigenvalue weighted by atomic mass is 10.0. The van der Waals surface area contributed by atoms with Gasteiger partial charge in [0.2, 0.25) is 5.78 Å². The Labute approximate surface area is 178 Å². The molecule has 0 radical (unpaired) electrons. The van der Waals surface area contributed by atoms with Crippen molar-refractivity contribution in [2.24, 2.45) is 0 Å². The number of carbonyl (C=O) groups excluding carboxylic acids is 1. The summed E-state index contributed by atoms with van der Waals surface area (Å²) in [5.41, 5.74) is 1.46. The number of nitriles is 2. The second kappa shape index (κ2) is 9.08. The number of Topliss-reactive ketones (excluding diaryl/α,β-unsaturated/α-hetero) is 1. The molecule has 0 atom stereocenters. The molecule has 2 aromatic rings. The summed E-state index contributed by atoms with van der Waals surface area (Å²) in [7, 11) is 0. The first-order valence-electron chi connectivity index (χ1n) is 8.50. The first kappa shape index (κ1) is 20.2. The standard InChI is InChI=1S/C23H13Cl2N3O/c24-19-10-8-16(9-11-19)23(29)22(13-17-5-1-2-6-20(17)25)28-12-4-3-7-21(28)18(14-26)15-27/h1-13H. The van der Waals surface area contributed by atoms with Gasteiger partial charge in [-0.1, -0.05) is 47.5 Å². The van der Waals surface area contributed by atoms with E-state index in [-0.39, 0.29) is 17.1 Å². The van der Waals surface area contributed by atoms with E-state index >= 15 is 0 Å². The Hall–Kier alpha value is -3.57. The van der Waals surface area contributed by atoms with Crippen LogP contribution in [0.4, 0.5) is 0 Å². The highest BCUT2D eigenvalue weighted by Gasteiger charge is 2.23. The molecule has 0 amide bonds. The van der Waals surface area contributed by atoms with E-state index in [1.54, 1.807) is 79.0 Å². The highest BCUT2D eigenvalue weighted by Crippen LogP contribution is 2.28. The normalized spacial score (nSPS) is 13.0. The Kier molecular flexibility index (Phi) is 6.32. The molecule has 0 fully saturated rings. The predicted molar refractivity (Wildman–Crippen MR) is 114 cm³/mol. The van der Waals surface area contributed by atoms with Crippen LogP contribution in [-0.4, -0.2) is 10.7 Å². The maximum absolute atomic E-state index is 13.4. The highest BCUT2D eigenvalue weighted by atomic mass is 35.5. The van der Waals surface area contributed by atoms with E-state index in [9.17, 15) is 15.3 Å². The lowest BCUT2D eigenvalue weighted by Crippen LogP contribution is -2.24. The topological polar surface area (TPSA) is 67.9 Å². The Morgan fingerprint density at radius 3 is 2.31 bits per heavy atom. The third-order valence-electron chi connectivity index (χ3n) is 4.14. The number of ketones is 1. The van der Waals surface area contributed by atoms with E-state index in [4.69, 9.17) is 23.2 Å². The van der Waals surface area contributed by atoms with Crippen molar-refractivity contribution in [1.29, 1.82) is 10.5 Å². The van der Waals surface area contributed by atoms with Gasteiger partial charge in [0.05, 0.1) is 11.4 Å². The van der Waals surface area contributed by atoms with E-state index < -0.39 is 0 Å². The zero-order valence-corrected chi connectivity index (χ0v) is 16.5. The van der Waals surface area contributed by atoms with E-state index in [1.165, 1.54) is 4.90 Å². The van der Waals surface area contributed by atoms with E-state index in [1.807, 2.05) is 12.1 Å². The molecular weight excluding hydrogens is 405 g/mol. The van der Waals surface area contributed by atoms with Crippen LogP contribution in [0.15, 0.2) is 89.9 Å². The van der Waals surface area contributed by atoms with Gasteiger partial charge >= 0.3 is 0 Å². The zero-order chi connectivity index (χ0) is 20.8. The Morgan fingerprint density at radius 1 is 0.966 bits per heavy atom. The third-order valence-corrected chi connectivity index (χ3v) is 4.73. The second-order valence-corrected chi connectivity index (χ2v) is 6.79. The molecule has 6 heteroatoms. The first-order valence-corrected chi connectivity index (χ1v) is 9.26. The molecule has 0 saturated carbocycles. The quantitative estimate of drug-likeness (QED) is 0.352. The van der Waals surface area contributed by atoms with Gasteiger partial charge in [0, 0.05) is 21.8 Å². The van der Waals surface area contributed by atoms with Gasteiger partial charge in [-0.05, 0) is 54.1 Å². The fourth-order valence-corrected chi connectivity index (χ4v) is 3.05. The van der Waals surface area contributed by atoms with E-state index in [0.717, 1.165) is 0 Å². The van der Waals surface area contributed by atoms with Crippen LogP contribution in [0.3, 0.4) is 0 Å². The molecule has 0 aromatic heterocycles. The number of benzene rings is 2. The predicted octanol–water partition coefficient (Wildman–Crippen LogP) is 5.90. The summed E-state index contributed by atoms with van der Waals surface area (Å²) in [4.78, 5) is 14.9. The molecule has 3 rings (SSSR count). The maximum Gasteiger partial charge on any atom is 0.209 e. The molecule has 1 aliphatic rings. The summed E-state index contributed by atoms with van der Waals surface area (Å²) >= 11 is 12.2. The van der Waals surface area contributed by atoms with Crippen LogP contribution in [0.5, 0.6) is 0 Å². The molecule has 1 heterocycles. The minimum atomic E-state index is -0.311. The monoisotopic (exact) mass is 417 g/mol. The molecule has 4 nitrogen and oxygen atoms in total. The SMILES string of the molecule is N#CC(C#N)=C1C=CC=CN1C(=Cc1ccccc1Cl)C(=O)c1ccc(Cl)cc1. The van der Waals surface area contributed by atoms with Crippen molar-refractivity contribution in [2.75, 3.05) is 0 Å². The van der Waals surface area contributed by atoms with Crippen molar-refractivity contribution in [1.82, 2.24) is 4.90 Å². The maximum atomic E-state index is 13.4. The molecule has 0 aliphatic carbocycles. The number of halogens is 2. The molecule has 0 unspecified atom stereocenters. The van der Waals surface area contributed by atoms with Crippen LogP contribution in [0.1, 0.15) is 15.9 Å². The number of nitrogens with zero attached hydrogens (tertiary/aromatic N) is 3. The molecule has 0 spiro atoms. The summed E-state index contributed by atoms with van der Waals surface area (Å²) in [5, 5.41) is 19.7.